The summed E-state index contributed by atoms with van der Waals surface area (Å²) in [6.45, 7) is 5.36. The minimum absolute atomic E-state index is 0.0319. The van der Waals surface area contributed by atoms with Gasteiger partial charge in [0.25, 0.3) is 0 Å². The first-order valence-electron chi connectivity index (χ1n) is 9.43. The van der Waals surface area contributed by atoms with Crippen LogP contribution in [0.15, 0.2) is 29.3 Å². The Labute approximate surface area is 158 Å². The Balaban J connectivity index is 1.74. The van der Waals surface area contributed by atoms with Gasteiger partial charge < -0.3 is 15.0 Å². The molecule has 5 nitrogen and oxygen atoms in total. The standard InChI is InChI=1S/C19H27F3N4O/c1-23-18(26-8-2-3-9-26)24-14-17(25-10-12-27-13-11-25)15-4-6-16(7-5-15)19(20,21)22/h4-7,17H,2-3,8-14H2,1H3,(H,23,24). The van der Waals surface area contributed by atoms with E-state index in [0.717, 1.165) is 62.7 Å². The van der Waals surface area contributed by atoms with Crippen molar-refractivity contribution in [1.82, 2.24) is 15.1 Å². The third-order valence-corrected chi connectivity index (χ3v) is 5.18. The van der Waals surface area contributed by atoms with Crippen molar-refractivity contribution >= 4 is 5.96 Å². The molecule has 0 aromatic heterocycles. The largest absolute Gasteiger partial charge is 0.416 e. The molecule has 27 heavy (non-hydrogen) atoms. The fraction of sp³-hybridized carbons (Fsp3) is 0.632. The van der Waals surface area contributed by atoms with Gasteiger partial charge in [-0.3, -0.25) is 9.89 Å². The van der Waals surface area contributed by atoms with Gasteiger partial charge in [0.1, 0.15) is 0 Å². The number of ether oxygens (including phenoxy) is 1. The summed E-state index contributed by atoms with van der Waals surface area (Å²) in [5, 5.41) is 3.42. The molecule has 0 aliphatic carbocycles. The summed E-state index contributed by atoms with van der Waals surface area (Å²) in [5.41, 5.74) is 0.252. The quantitative estimate of drug-likeness (QED) is 0.640. The van der Waals surface area contributed by atoms with E-state index in [2.05, 4.69) is 20.1 Å². The van der Waals surface area contributed by atoms with Crippen LogP contribution < -0.4 is 5.32 Å². The van der Waals surface area contributed by atoms with E-state index in [9.17, 15) is 13.2 Å². The number of likely N-dealkylation sites (tertiary alicyclic amines) is 1. The van der Waals surface area contributed by atoms with Crippen molar-refractivity contribution in [3.05, 3.63) is 35.4 Å². The fourth-order valence-electron chi connectivity index (χ4n) is 3.69. The van der Waals surface area contributed by atoms with Gasteiger partial charge in [-0.15, -0.1) is 0 Å². The van der Waals surface area contributed by atoms with Crippen LogP contribution in [-0.4, -0.2) is 68.7 Å². The molecule has 0 saturated carbocycles. The molecule has 1 aromatic rings. The molecular weight excluding hydrogens is 357 g/mol. The second-order valence-corrected chi connectivity index (χ2v) is 6.91. The molecule has 0 bridgehead atoms. The van der Waals surface area contributed by atoms with Crippen LogP contribution >= 0.6 is 0 Å². The third-order valence-electron chi connectivity index (χ3n) is 5.18. The lowest BCUT2D eigenvalue weighted by Crippen LogP contribution is -2.47. The van der Waals surface area contributed by atoms with Gasteiger partial charge >= 0.3 is 6.18 Å². The van der Waals surface area contributed by atoms with Crippen LogP contribution in [0, 0.1) is 0 Å². The maximum Gasteiger partial charge on any atom is 0.416 e. The lowest BCUT2D eigenvalue weighted by atomic mass is 10.0. The van der Waals surface area contributed by atoms with Gasteiger partial charge in [0.2, 0.25) is 0 Å². The zero-order valence-corrected chi connectivity index (χ0v) is 15.6. The summed E-state index contributed by atoms with van der Waals surface area (Å²) >= 11 is 0. The highest BCUT2D eigenvalue weighted by Gasteiger charge is 2.31. The maximum atomic E-state index is 12.9. The fourth-order valence-corrected chi connectivity index (χ4v) is 3.69. The molecule has 1 atom stereocenters. The van der Waals surface area contributed by atoms with Crippen molar-refractivity contribution in [1.29, 1.82) is 0 Å². The van der Waals surface area contributed by atoms with Crippen LogP contribution in [-0.2, 0) is 10.9 Å². The first kappa shape index (κ1) is 19.9. The lowest BCUT2D eigenvalue weighted by molar-refractivity contribution is -0.137. The Morgan fingerprint density at radius 3 is 2.30 bits per heavy atom. The van der Waals surface area contributed by atoms with Crippen molar-refractivity contribution in [2.24, 2.45) is 4.99 Å². The van der Waals surface area contributed by atoms with Crippen LogP contribution in [0.2, 0.25) is 0 Å². The monoisotopic (exact) mass is 384 g/mol. The first-order valence-corrected chi connectivity index (χ1v) is 9.43. The molecule has 2 fully saturated rings. The Kier molecular flexibility index (Phi) is 6.59. The van der Waals surface area contributed by atoms with E-state index in [4.69, 9.17) is 4.74 Å². The van der Waals surface area contributed by atoms with E-state index in [-0.39, 0.29) is 6.04 Å². The number of aliphatic imine (C=N–C) groups is 1. The van der Waals surface area contributed by atoms with E-state index in [1.54, 1.807) is 19.2 Å². The molecule has 2 aliphatic rings. The van der Waals surface area contributed by atoms with Crippen LogP contribution in [0.4, 0.5) is 13.2 Å². The van der Waals surface area contributed by atoms with Crippen LogP contribution in [0.3, 0.4) is 0 Å². The Morgan fingerprint density at radius 2 is 1.74 bits per heavy atom. The summed E-state index contributed by atoms with van der Waals surface area (Å²) in [7, 11) is 1.77. The zero-order chi connectivity index (χ0) is 19.3. The molecular formula is C19H27F3N4O. The molecule has 8 heteroatoms. The SMILES string of the molecule is CN=C(NCC(c1ccc(C(F)(F)F)cc1)N1CCOCC1)N1CCCC1. The van der Waals surface area contributed by atoms with Crippen molar-refractivity contribution in [2.75, 3.05) is 53.0 Å². The Bertz CT molecular complexity index is 621. The number of guanidine groups is 1. The number of nitrogens with zero attached hydrogens (tertiary/aromatic N) is 3. The van der Waals surface area contributed by atoms with E-state index < -0.39 is 11.7 Å². The molecule has 1 unspecified atom stereocenters. The molecule has 0 spiro atoms. The number of morpholine rings is 1. The van der Waals surface area contributed by atoms with Crippen molar-refractivity contribution in [2.45, 2.75) is 25.1 Å². The van der Waals surface area contributed by atoms with Gasteiger partial charge in [-0.05, 0) is 30.5 Å². The Morgan fingerprint density at radius 1 is 1.11 bits per heavy atom. The van der Waals surface area contributed by atoms with E-state index >= 15 is 0 Å². The summed E-state index contributed by atoms with van der Waals surface area (Å²) in [5.74, 6) is 0.859. The third kappa shape index (κ3) is 5.13. The van der Waals surface area contributed by atoms with Gasteiger partial charge in [0, 0.05) is 39.8 Å². The molecule has 2 aliphatic heterocycles. The highest BCUT2D eigenvalue weighted by Crippen LogP contribution is 2.31. The highest BCUT2D eigenvalue weighted by molar-refractivity contribution is 5.80. The molecule has 2 heterocycles. The number of hydrogen-bond donors (Lipinski definition) is 1. The van der Waals surface area contributed by atoms with Gasteiger partial charge in [-0.2, -0.15) is 13.2 Å². The second-order valence-electron chi connectivity index (χ2n) is 6.91. The van der Waals surface area contributed by atoms with Gasteiger partial charge in [-0.1, -0.05) is 12.1 Å². The number of benzene rings is 1. The van der Waals surface area contributed by atoms with Crippen molar-refractivity contribution in [3.8, 4) is 0 Å². The topological polar surface area (TPSA) is 40.1 Å². The van der Waals surface area contributed by atoms with Crippen molar-refractivity contribution < 1.29 is 17.9 Å². The minimum atomic E-state index is -4.32. The summed E-state index contributed by atoms with van der Waals surface area (Å²) in [6, 6.07) is 5.47. The number of halogens is 3. The van der Waals surface area contributed by atoms with Crippen LogP contribution in [0.25, 0.3) is 0 Å². The predicted molar refractivity (Wildman–Crippen MR) is 98.7 cm³/mol. The van der Waals surface area contributed by atoms with Gasteiger partial charge in [0.15, 0.2) is 5.96 Å². The smallest absolute Gasteiger partial charge is 0.379 e. The van der Waals surface area contributed by atoms with Gasteiger partial charge in [0.05, 0.1) is 24.8 Å². The Hall–Kier alpha value is -1.80. The van der Waals surface area contributed by atoms with E-state index in [0.29, 0.717) is 19.8 Å². The average molecular weight is 384 g/mol. The first-order chi connectivity index (χ1) is 13.0. The predicted octanol–water partition coefficient (Wildman–Crippen LogP) is 2.75. The minimum Gasteiger partial charge on any atom is -0.379 e. The number of nitrogens with one attached hydrogen (secondary N) is 1. The second kappa shape index (κ2) is 8.93. The molecule has 0 amide bonds. The molecule has 3 rings (SSSR count). The van der Waals surface area contributed by atoms with E-state index in [1.165, 1.54) is 0 Å². The van der Waals surface area contributed by atoms with Crippen LogP contribution in [0.5, 0.6) is 0 Å². The summed E-state index contributed by atoms with van der Waals surface area (Å²) in [6.07, 6.45) is -2.00. The maximum absolute atomic E-state index is 12.9. The highest BCUT2D eigenvalue weighted by atomic mass is 19.4. The average Bonchev–Trinajstić information content (AvgIpc) is 3.20. The zero-order valence-electron chi connectivity index (χ0n) is 15.6. The normalized spacial score (nSPS) is 20.7. The molecule has 1 aromatic carbocycles. The molecule has 150 valence electrons. The summed E-state index contributed by atoms with van der Waals surface area (Å²) < 4.78 is 44.1. The molecule has 1 N–H and O–H groups in total. The number of alkyl halides is 3. The number of rotatable bonds is 4. The lowest BCUT2D eigenvalue weighted by Gasteiger charge is -2.35. The van der Waals surface area contributed by atoms with Crippen molar-refractivity contribution in [3.63, 3.8) is 0 Å². The van der Waals surface area contributed by atoms with Crippen LogP contribution in [0.1, 0.15) is 30.0 Å². The molecule has 2 saturated heterocycles. The molecule has 0 radical (unpaired) electrons. The summed E-state index contributed by atoms with van der Waals surface area (Å²) in [4.78, 5) is 8.85. The number of hydrogen-bond acceptors (Lipinski definition) is 3. The van der Waals surface area contributed by atoms with E-state index in [1.807, 2.05) is 0 Å². The van der Waals surface area contributed by atoms with Gasteiger partial charge in [-0.25, -0.2) is 0 Å².